The van der Waals surface area contributed by atoms with E-state index in [1.807, 2.05) is 13.0 Å². The first-order valence-electron chi connectivity index (χ1n) is 6.18. The number of anilines is 1. The first kappa shape index (κ1) is 13.9. The van der Waals surface area contributed by atoms with Gasteiger partial charge in [-0.3, -0.25) is 4.79 Å². The highest BCUT2D eigenvalue weighted by molar-refractivity contribution is 5.95. The van der Waals surface area contributed by atoms with Crippen molar-refractivity contribution in [3.05, 3.63) is 35.5 Å². The van der Waals surface area contributed by atoms with Crippen molar-refractivity contribution in [1.29, 1.82) is 0 Å². The van der Waals surface area contributed by atoms with Crippen LogP contribution in [0.15, 0.2) is 24.3 Å². The van der Waals surface area contributed by atoms with E-state index in [2.05, 4.69) is 5.10 Å². The normalized spacial score (nSPS) is 10.4. The van der Waals surface area contributed by atoms with E-state index in [4.69, 9.17) is 10.5 Å². The molecule has 6 nitrogen and oxygen atoms in total. The molecule has 0 fully saturated rings. The van der Waals surface area contributed by atoms with Crippen LogP contribution in [0.25, 0.3) is 0 Å². The Bertz CT molecular complexity index is 647. The van der Waals surface area contributed by atoms with E-state index in [1.54, 1.807) is 44.0 Å². The van der Waals surface area contributed by atoms with Gasteiger partial charge < -0.3 is 15.4 Å². The molecule has 1 heterocycles. The zero-order valence-electron chi connectivity index (χ0n) is 12.0. The second kappa shape index (κ2) is 5.24. The zero-order valence-corrected chi connectivity index (χ0v) is 12.0. The largest absolute Gasteiger partial charge is 0.437 e. The third kappa shape index (κ3) is 2.74. The molecule has 106 valence electrons. The van der Waals surface area contributed by atoms with Gasteiger partial charge in [-0.25, -0.2) is 4.68 Å². The molecule has 20 heavy (non-hydrogen) atoms. The fourth-order valence-corrected chi connectivity index (χ4v) is 1.83. The molecule has 2 N–H and O–H groups in total. The number of hydrogen-bond donors (Lipinski definition) is 1. The number of nitrogen functional groups attached to an aromatic ring is 1. The molecule has 2 aromatic rings. The Balaban J connectivity index is 2.26. The smallest absolute Gasteiger partial charge is 0.253 e. The summed E-state index contributed by atoms with van der Waals surface area (Å²) >= 11 is 0. The molecule has 1 aromatic carbocycles. The Hall–Kier alpha value is -2.50. The van der Waals surface area contributed by atoms with Crippen molar-refractivity contribution >= 4 is 11.6 Å². The van der Waals surface area contributed by atoms with Gasteiger partial charge in [0.2, 0.25) is 5.88 Å². The van der Waals surface area contributed by atoms with Crippen LogP contribution in [-0.2, 0) is 7.05 Å². The summed E-state index contributed by atoms with van der Waals surface area (Å²) in [5.41, 5.74) is 7.74. The van der Waals surface area contributed by atoms with Gasteiger partial charge in [-0.05, 0) is 25.1 Å². The number of benzene rings is 1. The lowest BCUT2D eigenvalue weighted by Gasteiger charge is -2.12. The Labute approximate surface area is 117 Å². The van der Waals surface area contributed by atoms with E-state index in [-0.39, 0.29) is 5.91 Å². The topological polar surface area (TPSA) is 73.4 Å². The van der Waals surface area contributed by atoms with Gasteiger partial charge in [0.15, 0.2) is 5.75 Å². The molecule has 0 aliphatic carbocycles. The number of nitrogens with two attached hydrogens (primary N) is 1. The third-order valence-corrected chi connectivity index (χ3v) is 2.84. The summed E-state index contributed by atoms with van der Waals surface area (Å²) in [7, 11) is 5.19. The standard InChI is InChI=1S/C14H18N4O2/c1-9-7-13(18(4)16-9)20-12-6-5-10(8-11(12)15)14(19)17(2)3/h5-8H,15H2,1-4H3. The molecule has 0 aliphatic rings. The highest BCUT2D eigenvalue weighted by atomic mass is 16.5. The number of ether oxygens (including phenoxy) is 1. The molecule has 0 bridgehead atoms. The lowest BCUT2D eigenvalue weighted by molar-refractivity contribution is 0.0827. The molecule has 1 amide bonds. The van der Waals surface area contributed by atoms with Crippen LogP contribution in [0.2, 0.25) is 0 Å². The summed E-state index contributed by atoms with van der Waals surface area (Å²) in [6.45, 7) is 1.88. The highest BCUT2D eigenvalue weighted by Gasteiger charge is 2.12. The van der Waals surface area contributed by atoms with Gasteiger partial charge in [-0.1, -0.05) is 0 Å². The number of hydrogen-bond acceptors (Lipinski definition) is 4. The van der Waals surface area contributed by atoms with E-state index in [9.17, 15) is 4.79 Å². The highest BCUT2D eigenvalue weighted by Crippen LogP contribution is 2.28. The van der Waals surface area contributed by atoms with Gasteiger partial charge in [0.1, 0.15) is 0 Å². The zero-order chi connectivity index (χ0) is 14.9. The molecule has 0 atom stereocenters. The number of nitrogens with zero attached hydrogens (tertiary/aromatic N) is 3. The van der Waals surface area contributed by atoms with E-state index in [1.165, 1.54) is 4.90 Å². The number of aromatic nitrogens is 2. The molecule has 2 rings (SSSR count). The quantitative estimate of drug-likeness (QED) is 0.866. The van der Waals surface area contributed by atoms with Crippen molar-refractivity contribution in [2.24, 2.45) is 7.05 Å². The second-order valence-corrected chi connectivity index (χ2v) is 4.80. The Morgan fingerprint density at radius 2 is 2.05 bits per heavy atom. The summed E-state index contributed by atoms with van der Waals surface area (Å²) < 4.78 is 7.34. The predicted octanol–water partition coefficient (Wildman–Crippen LogP) is 1.80. The van der Waals surface area contributed by atoms with E-state index in [0.29, 0.717) is 22.9 Å². The van der Waals surface area contributed by atoms with Gasteiger partial charge in [-0.2, -0.15) is 5.10 Å². The molecule has 0 saturated heterocycles. The van der Waals surface area contributed by atoms with Crippen LogP contribution in [0.3, 0.4) is 0 Å². The van der Waals surface area contributed by atoms with E-state index < -0.39 is 0 Å². The molecular formula is C14H18N4O2. The van der Waals surface area contributed by atoms with Crippen molar-refractivity contribution in [1.82, 2.24) is 14.7 Å². The summed E-state index contributed by atoms with van der Waals surface area (Å²) in [5.74, 6) is 1.00. The number of rotatable bonds is 3. The summed E-state index contributed by atoms with van der Waals surface area (Å²) in [4.78, 5) is 13.3. The lowest BCUT2D eigenvalue weighted by Crippen LogP contribution is -2.21. The van der Waals surface area contributed by atoms with Crippen LogP contribution in [0.1, 0.15) is 16.1 Å². The van der Waals surface area contributed by atoms with Crippen molar-refractivity contribution in [2.45, 2.75) is 6.92 Å². The van der Waals surface area contributed by atoms with Crippen LogP contribution in [-0.4, -0.2) is 34.7 Å². The SMILES string of the molecule is Cc1cc(Oc2ccc(C(=O)N(C)C)cc2N)n(C)n1. The Morgan fingerprint density at radius 3 is 2.55 bits per heavy atom. The number of carbonyl (C=O) groups excluding carboxylic acids is 1. The van der Waals surface area contributed by atoms with Crippen LogP contribution in [0.4, 0.5) is 5.69 Å². The van der Waals surface area contributed by atoms with Crippen LogP contribution < -0.4 is 10.5 Å². The van der Waals surface area contributed by atoms with Crippen LogP contribution in [0.5, 0.6) is 11.6 Å². The maximum atomic E-state index is 11.8. The van der Waals surface area contributed by atoms with Gasteiger partial charge in [0.25, 0.3) is 5.91 Å². The first-order valence-corrected chi connectivity index (χ1v) is 6.18. The predicted molar refractivity (Wildman–Crippen MR) is 76.9 cm³/mol. The first-order chi connectivity index (χ1) is 9.38. The minimum Gasteiger partial charge on any atom is -0.437 e. The molecule has 0 aliphatic heterocycles. The third-order valence-electron chi connectivity index (χ3n) is 2.84. The van der Waals surface area contributed by atoms with Crippen LogP contribution in [0, 0.1) is 6.92 Å². The Morgan fingerprint density at radius 1 is 1.35 bits per heavy atom. The van der Waals surface area contributed by atoms with Gasteiger partial charge in [0.05, 0.1) is 11.4 Å². The van der Waals surface area contributed by atoms with Crippen molar-refractivity contribution in [2.75, 3.05) is 19.8 Å². The number of aryl methyl sites for hydroxylation is 2. The molecule has 0 spiro atoms. The summed E-state index contributed by atoms with van der Waals surface area (Å²) in [5, 5.41) is 4.20. The fourth-order valence-electron chi connectivity index (χ4n) is 1.83. The average Bonchev–Trinajstić information content (AvgIpc) is 2.69. The van der Waals surface area contributed by atoms with Gasteiger partial charge >= 0.3 is 0 Å². The molecule has 0 radical (unpaired) electrons. The van der Waals surface area contributed by atoms with Crippen molar-refractivity contribution in [3.8, 4) is 11.6 Å². The molecular weight excluding hydrogens is 256 g/mol. The van der Waals surface area contributed by atoms with E-state index >= 15 is 0 Å². The fraction of sp³-hybridized carbons (Fsp3) is 0.286. The van der Waals surface area contributed by atoms with E-state index in [0.717, 1.165) is 5.69 Å². The monoisotopic (exact) mass is 274 g/mol. The van der Waals surface area contributed by atoms with Gasteiger partial charge in [-0.15, -0.1) is 0 Å². The molecule has 0 saturated carbocycles. The minimum absolute atomic E-state index is 0.0976. The lowest BCUT2D eigenvalue weighted by atomic mass is 10.1. The maximum Gasteiger partial charge on any atom is 0.253 e. The maximum absolute atomic E-state index is 11.8. The van der Waals surface area contributed by atoms with Crippen molar-refractivity contribution < 1.29 is 9.53 Å². The molecule has 6 heteroatoms. The van der Waals surface area contributed by atoms with Crippen LogP contribution >= 0.6 is 0 Å². The average molecular weight is 274 g/mol. The molecule has 1 aromatic heterocycles. The summed E-state index contributed by atoms with van der Waals surface area (Å²) in [6, 6.07) is 6.81. The summed E-state index contributed by atoms with van der Waals surface area (Å²) in [6.07, 6.45) is 0. The van der Waals surface area contributed by atoms with Crippen molar-refractivity contribution in [3.63, 3.8) is 0 Å². The van der Waals surface area contributed by atoms with Gasteiger partial charge in [0, 0.05) is 32.8 Å². The Kier molecular flexibility index (Phi) is 3.65. The minimum atomic E-state index is -0.0976. The number of amides is 1. The molecule has 0 unspecified atom stereocenters. The second-order valence-electron chi connectivity index (χ2n) is 4.80. The number of carbonyl (C=O) groups is 1.